The van der Waals surface area contributed by atoms with Crippen LogP contribution in [0, 0.1) is 0 Å². The molecule has 0 radical (unpaired) electrons. The van der Waals surface area contributed by atoms with Crippen LogP contribution in [0.2, 0.25) is 0 Å². The van der Waals surface area contributed by atoms with Crippen LogP contribution in [0.15, 0.2) is 24.3 Å². The zero-order valence-electron chi connectivity index (χ0n) is 11.8. The predicted molar refractivity (Wildman–Crippen MR) is 76.9 cm³/mol. The maximum absolute atomic E-state index is 13.1. The fourth-order valence-electron chi connectivity index (χ4n) is 2.59. The quantitative estimate of drug-likeness (QED) is 0.926. The van der Waals surface area contributed by atoms with Gasteiger partial charge in [0.25, 0.3) is 0 Å². The van der Waals surface area contributed by atoms with E-state index in [1.807, 2.05) is 13.2 Å². The molecule has 0 aromatic heterocycles. The molecule has 1 fully saturated rings. The number of nitrogens with zero attached hydrogens (tertiary/aromatic N) is 1. The summed E-state index contributed by atoms with van der Waals surface area (Å²) >= 11 is 1.56. The lowest BCUT2D eigenvalue weighted by atomic mass is 10.0. The Labute approximate surface area is 125 Å². The zero-order chi connectivity index (χ0) is 15.6. The van der Waals surface area contributed by atoms with Crippen LogP contribution >= 0.6 is 11.8 Å². The topological polar surface area (TPSA) is 32.3 Å². The van der Waals surface area contributed by atoms with Crippen molar-refractivity contribution < 1.29 is 18.0 Å². The summed E-state index contributed by atoms with van der Waals surface area (Å²) in [5.41, 5.74) is -0.595. The normalized spacial score (nSPS) is 20.9. The van der Waals surface area contributed by atoms with Crippen molar-refractivity contribution in [3.63, 3.8) is 0 Å². The third-order valence-corrected chi connectivity index (χ3v) is 4.27. The number of amides is 1. The summed E-state index contributed by atoms with van der Waals surface area (Å²) in [4.78, 5) is 13.5. The van der Waals surface area contributed by atoms with Crippen LogP contribution in [0.3, 0.4) is 0 Å². The minimum absolute atomic E-state index is 0.0651. The molecule has 116 valence electrons. The van der Waals surface area contributed by atoms with Crippen LogP contribution in [0.4, 0.5) is 13.2 Å². The number of thioether (sulfide) groups is 1. The maximum atomic E-state index is 13.1. The first-order valence-electron chi connectivity index (χ1n) is 6.56. The standard InChI is InChI=1S/C14H17F3N2OS/c1-9(8-21-2)19-12(20)7-18-13(19)10-5-3-4-6-11(10)14(15,16)17/h3-6,9,13,18H,7-8H2,1-2H3. The van der Waals surface area contributed by atoms with Gasteiger partial charge in [0.15, 0.2) is 0 Å². The minimum Gasteiger partial charge on any atom is -0.318 e. The average molecular weight is 318 g/mol. The van der Waals surface area contributed by atoms with Gasteiger partial charge < -0.3 is 4.90 Å². The number of benzene rings is 1. The van der Waals surface area contributed by atoms with E-state index in [2.05, 4.69) is 5.32 Å². The molecule has 2 rings (SSSR count). The molecule has 0 saturated carbocycles. The van der Waals surface area contributed by atoms with Crippen LogP contribution in [-0.4, -0.2) is 35.4 Å². The van der Waals surface area contributed by atoms with Crippen molar-refractivity contribution >= 4 is 17.7 Å². The molecule has 1 heterocycles. The Morgan fingerprint density at radius 1 is 1.43 bits per heavy atom. The second-order valence-electron chi connectivity index (χ2n) is 4.97. The van der Waals surface area contributed by atoms with Gasteiger partial charge in [0.2, 0.25) is 5.91 Å². The summed E-state index contributed by atoms with van der Waals surface area (Å²) in [6, 6.07) is 5.27. The predicted octanol–water partition coefficient (Wildman–Crippen LogP) is 2.89. The molecule has 0 spiro atoms. The molecule has 7 heteroatoms. The molecular weight excluding hydrogens is 301 g/mol. The van der Waals surface area contributed by atoms with Crippen molar-refractivity contribution in [1.29, 1.82) is 0 Å². The molecule has 21 heavy (non-hydrogen) atoms. The highest BCUT2D eigenvalue weighted by molar-refractivity contribution is 7.98. The summed E-state index contributed by atoms with van der Waals surface area (Å²) in [5, 5.41) is 2.89. The summed E-state index contributed by atoms with van der Waals surface area (Å²) in [6.07, 6.45) is -3.25. The first-order chi connectivity index (χ1) is 9.86. The van der Waals surface area contributed by atoms with Gasteiger partial charge in [-0.25, -0.2) is 0 Å². The van der Waals surface area contributed by atoms with Crippen molar-refractivity contribution in [2.45, 2.75) is 25.3 Å². The second-order valence-corrected chi connectivity index (χ2v) is 5.88. The molecule has 1 amide bonds. The number of alkyl halides is 3. The molecule has 0 bridgehead atoms. The van der Waals surface area contributed by atoms with Crippen LogP contribution in [0.5, 0.6) is 0 Å². The summed E-state index contributed by atoms with van der Waals surface area (Å²) in [6.45, 7) is 1.92. The Hall–Kier alpha value is -1.21. The van der Waals surface area contributed by atoms with Gasteiger partial charge in [-0.05, 0) is 19.2 Å². The van der Waals surface area contributed by atoms with E-state index in [0.717, 1.165) is 6.07 Å². The Morgan fingerprint density at radius 2 is 2.10 bits per heavy atom. The molecule has 1 saturated heterocycles. The highest BCUT2D eigenvalue weighted by Gasteiger charge is 2.41. The fraction of sp³-hybridized carbons (Fsp3) is 0.500. The number of carbonyl (C=O) groups excluding carboxylic acids is 1. The Balaban J connectivity index is 2.39. The number of carbonyl (C=O) groups is 1. The van der Waals surface area contributed by atoms with E-state index in [9.17, 15) is 18.0 Å². The van der Waals surface area contributed by atoms with Crippen molar-refractivity contribution in [3.8, 4) is 0 Å². The molecule has 1 aromatic rings. The third-order valence-electron chi connectivity index (χ3n) is 3.46. The van der Waals surface area contributed by atoms with E-state index in [-0.39, 0.29) is 24.1 Å². The number of rotatable bonds is 4. The number of hydrogen-bond acceptors (Lipinski definition) is 3. The van der Waals surface area contributed by atoms with Gasteiger partial charge in [-0.3, -0.25) is 10.1 Å². The zero-order valence-corrected chi connectivity index (χ0v) is 12.6. The van der Waals surface area contributed by atoms with E-state index in [0.29, 0.717) is 5.75 Å². The van der Waals surface area contributed by atoms with Gasteiger partial charge in [0.1, 0.15) is 6.17 Å². The monoisotopic (exact) mass is 318 g/mol. The highest BCUT2D eigenvalue weighted by Crippen LogP contribution is 2.37. The van der Waals surface area contributed by atoms with Crippen LogP contribution in [-0.2, 0) is 11.0 Å². The van der Waals surface area contributed by atoms with E-state index in [1.165, 1.54) is 17.0 Å². The molecule has 1 aliphatic heterocycles. The van der Waals surface area contributed by atoms with Gasteiger partial charge in [-0.15, -0.1) is 0 Å². The van der Waals surface area contributed by atoms with Crippen molar-refractivity contribution in [1.82, 2.24) is 10.2 Å². The van der Waals surface area contributed by atoms with Crippen molar-refractivity contribution in [3.05, 3.63) is 35.4 Å². The molecule has 2 unspecified atom stereocenters. The molecule has 3 nitrogen and oxygen atoms in total. The molecule has 1 N–H and O–H groups in total. The van der Waals surface area contributed by atoms with Gasteiger partial charge >= 0.3 is 6.18 Å². The third kappa shape index (κ3) is 3.35. The van der Waals surface area contributed by atoms with Crippen LogP contribution in [0.1, 0.15) is 24.2 Å². The first-order valence-corrected chi connectivity index (χ1v) is 7.95. The lowest BCUT2D eigenvalue weighted by molar-refractivity contribution is -0.140. The van der Waals surface area contributed by atoms with E-state index >= 15 is 0 Å². The maximum Gasteiger partial charge on any atom is 0.416 e. The summed E-state index contributed by atoms with van der Waals surface area (Å²) in [7, 11) is 0. The lowest BCUT2D eigenvalue weighted by Crippen LogP contribution is -2.40. The Kier molecular flexibility index (Phi) is 4.83. The summed E-state index contributed by atoms with van der Waals surface area (Å²) in [5.74, 6) is 0.511. The second kappa shape index (κ2) is 6.27. The van der Waals surface area contributed by atoms with Gasteiger partial charge in [0.05, 0.1) is 12.1 Å². The highest BCUT2D eigenvalue weighted by atomic mass is 32.2. The number of hydrogen-bond donors (Lipinski definition) is 1. The SMILES string of the molecule is CSCC(C)N1C(=O)CNC1c1ccccc1C(F)(F)F. The molecule has 2 atom stereocenters. The van der Waals surface area contributed by atoms with Gasteiger partial charge in [-0.2, -0.15) is 24.9 Å². The van der Waals surface area contributed by atoms with Crippen molar-refractivity contribution in [2.24, 2.45) is 0 Å². The van der Waals surface area contributed by atoms with E-state index in [1.54, 1.807) is 17.8 Å². The number of nitrogens with one attached hydrogen (secondary N) is 1. The average Bonchev–Trinajstić information content (AvgIpc) is 2.80. The van der Waals surface area contributed by atoms with Gasteiger partial charge in [0, 0.05) is 17.4 Å². The Bertz CT molecular complexity index is 521. The molecule has 1 aromatic carbocycles. The fourth-order valence-corrected chi connectivity index (χ4v) is 3.24. The minimum atomic E-state index is -4.43. The Morgan fingerprint density at radius 3 is 2.71 bits per heavy atom. The van der Waals surface area contributed by atoms with Crippen molar-refractivity contribution in [2.75, 3.05) is 18.6 Å². The molecule has 1 aliphatic rings. The largest absolute Gasteiger partial charge is 0.416 e. The molecular formula is C14H17F3N2OS. The lowest BCUT2D eigenvalue weighted by Gasteiger charge is -2.31. The first kappa shape index (κ1) is 16.2. The smallest absolute Gasteiger partial charge is 0.318 e. The summed E-state index contributed by atoms with van der Waals surface area (Å²) < 4.78 is 39.4. The number of halogens is 3. The van der Waals surface area contributed by atoms with E-state index in [4.69, 9.17) is 0 Å². The van der Waals surface area contributed by atoms with Crippen LogP contribution in [0.25, 0.3) is 0 Å². The van der Waals surface area contributed by atoms with E-state index < -0.39 is 17.9 Å². The molecule has 0 aliphatic carbocycles. The van der Waals surface area contributed by atoms with Crippen LogP contribution < -0.4 is 5.32 Å². The van der Waals surface area contributed by atoms with Gasteiger partial charge in [-0.1, -0.05) is 18.2 Å².